The number of fused-ring (bicyclic) bond motifs is 2. The third-order valence-electron chi connectivity index (χ3n) is 5.79. The van der Waals surface area contributed by atoms with Crippen molar-refractivity contribution in [2.24, 2.45) is 0 Å². The van der Waals surface area contributed by atoms with E-state index in [1.807, 2.05) is 26.4 Å². The van der Waals surface area contributed by atoms with Gasteiger partial charge in [-0.2, -0.15) is 11.8 Å². The van der Waals surface area contributed by atoms with Crippen LogP contribution in [0.4, 0.5) is 15.9 Å². The van der Waals surface area contributed by atoms with Gasteiger partial charge >= 0.3 is 0 Å². The lowest BCUT2D eigenvalue weighted by molar-refractivity contribution is 0.0824. The quantitative estimate of drug-likeness (QED) is 0.510. The van der Waals surface area contributed by atoms with Gasteiger partial charge in [-0.05, 0) is 37.5 Å². The molecule has 3 N–H and O–H groups in total. The van der Waals surface area contributed by atoms with Crippen LogP contribution in [0.15, 0.2) is 18.3 Å². The third-order valence-corrected chi connectivity index (χ3v) is 6.18. The second kappa shape index (κ2) is 11.2. The first-order valence-corrected chi connectivity index (χ1v) is 12.9. The molecule has 2 aromatic rings. The lowest BCUT2D eigenvalue weighted by Crippen LogP contribution is -2.25. The van der Waals surface area contributed by atoms with Crippen LogP contribution in [-0.4, -0.2) is 48.9 Å². The Balaban J connectivity index is 0.000000671. The molecule has 1 spiro atoms. The van der Waals surface area contributed by atoms with Crippen molar-refractivity contribution in [1.29, 1.82) is 0 Å². The number of aromatic nitrogens is 1. The predicted molar refractivity (Wildman–Crippen MR) is 136 cm³/mol. The Kier molecular flexibility index (Phi) is 9.22. The molecule has 1 aromatic carbocycles. The molecular formula is C24H34ClFN4OS. The molecule has 32 heavy (non-hydrogen) atoms. The Morgan fingerprint density at radius 1 is 1.22 bits per heavy atom. The number of hydrogen-bond donors (Lipinski definition) is 2. The summed E-state index contributed by atoms with van der Waals surface area (Å²) < 4.78 is 15.3. The van der Waals surface area contributed by atoms with Crippen LogP contribution in [0.3, 0.4) is 0 Å². The van der Waals surface area contributed by atoms with E-state index >= 15 is 4.39 Å². The highest BCUT2D eigenvalue weighted by Gasteiger charge is 2.44. The summed E-state index contributed by atoms with van der Waals surface area (Å²) in [6.45, 7) is 4.81. The zero-order chi connectivity index (χ0) is 24.1. The summed E-state index contributed by atoms with van der Waals surface area (Å²) >= 11 is 8.54. The minimum atomic E-state index is -0.663. The van der Waals surface area contributed by atoms with E-state index in [4.69, 9.17) is 17.3 Å². The number of anilines is 2. The molecule has 4 rings (SSSR count). The van der Waals surface area contributed by atoms with Crippen molar-refractivity contribution in [1.82, 2.24) is 9.88 Å². The van der Waals surface area contributed by atoms with Gasteiger partial charge in [0.05, 0.1) is 10.6 Å². The number of benzene rings is 1. The van der Waals surface area contributed by atoms with E-state index in [0.717, 1.165) is 43.6 Å². The van der Waals surface area contributed by atoms with Gasteiger partial charge in [0.25, 0.3) is 5.91 Å². The molecule has 0 bridgehead atoms. The average Bonchev–Trinajstić information content (AvgIpc) is 3.39. The first-order valence-electron chi connectivity index (χ1n) is 10.9. The number of nitrogens with one attached hydrogen (secondary N) is 1. The van der Waals surface area contributed by atoms with Gasteiger partial charge in [0.15, 0.2) is 0 Å². The summed E-state index contributed by atoms with van der Waals surface area (Å²) in [5.74, 6) is -0.360. The van der Waals surface area contributed by atoms with Crippen LogP contribution in [0.1, 0.15) is 55.5 Å². The lowest BCUT2D eigenvalue weighted by atomic mass is 9.80. The maximum Gasteiger partial charge on any atom is 0.258 e. The molecule has 1 aromatic heterocycles. The highest BCUT2D eigenvalue weighted by atomic mass is 35.5. The molecular weight excluding hydrogens is 447 g/mol. The molecule has 5 nitrogen and oxygen atoms in total. The topological polar surface area (TPSA) is 71.2 Å². The largest absolute Gasteiger partial charge is 0.398 e. The standard InChI is InChI=1S/C20H22ClFN4O.C2H6S.C2H6/c1-26(2)19(27)14-13(23)6-5-11(17(14)22)12-9-24-18-15(16(12)21)20(10-25-18)7-3-4-8-20;1-3-2;1-2/h5-6,9H,3-4,7-8,10,23H2,1-2H3,(H,24,25);1-2H3;1-2H3. The van der Waals surface area contributed by atoms with Crippen molar-refractivity contribution < 1.29 is 9.18 Å². The van der Waals surface area contributed by atoms with E-state index in [2.05, 4.69) is 10.3 Å². The molecule has 0 radical (unpaired) electrons. The Morgan fingerprint density at radius 2 is 1.81 bits per heavy atom. The van der Waals surface area contributed by atoms with Crippen molar-refractivity contribution in [3.8, 4) is 11.1 Å². The molecule has 1 aliphatic heterocycles. The number of halogens is 2. The molecule has 1 saturated carbocycles. The molecule has 2 heterocycles. The zero-order valence-electron chi connectivity index (χ0n) is 19.8. The second-order valence-electron chi connectivity index (χ2n) is 8.05. The van der Waals surface area contributed by atoms with Crippen LogP contribution in [0.2, 0.25) is 5.02 Å². The summed E-state index contributed by atoms with van der Waals surface area (Å²) in [6.07, 6.45) is 10.1. The number of hydrogen-bond acceptors (Lipinski definition) is 5. The van der Waals surface area contributed by atoms with Crippen molar-refractivity contribution in [3.63, 3.8) is 0 Å². The smallest absolute Gasteiger partial charge is 0.258 e. The molecule has 176 valence electrons. The monoisotopic (exact) mass is 480 g/mol. The van der Waals surface area contributed by atoms with Gasteiger partial charge in [0.2, 0.25) is 0 Å². The molecule has 0 unspecified atom stereocenters. The molecule has 0 atom stereocenters. The van der Waals surface area contributed by atoms with Crippen LogP contribution in [0, 0.1) is 5.82 Å². The summed E-state index contributed by atoms with van der Waals surface area (Å²) in [4.78, 5) is 18.2. The Morgan fingerprint density at radius 3 is 2.38 bits per heavy atom. The number of rotatable bonds is 2. The predicted octanol–water partition coefficient (Wildman–Crippen LogP) is 6.07. The summed E-state index contributed by atoms with van der Waals surface area (Å²) in [5.41, 5.74) is 7.55. The number of thioether (sulfide) groups is 1. The van der Waals surface area contributed by atoms with E-state index in [9.17, 15) is 4.79 Å². The van der Waals surface area contributed by atoms with E-state index < -0.39 is 11.7 Å². The fraction of sp³-hybridized carbons (Fsp3) is 0.500. The SMILES string of the molecule is CC.CN(C)C(=O)c1c(N)ccc(-c2cnc3c(c2Cl)C2(CCCC2)CN3)c1F.CSC. The molecule has 1 fully saturated rings. The Labute approximate surface area is 200 Å². The van der Waals surface area contributed by atoms with E-state index in [-0.39, 0.29) is 22.2 Å². The molecule has 2 aliphatic rings. The van der Waals surface area contributed by atoms with E-state index in [1.165, 1.54) is 4.90 Å². The van der Waals surface area contributed by atoms with Crippen LogP contribution in [0.5, 0.6) is 0 Å². The summed E-state index contributed by atoms with van der Waals surface area (Å²) in [6, 6.07) is 3.11. The van der Waals surface area contributed by atoms with E-state index in [1.54, 1.807) is 44.2 Å². The van der Waals surface area contributed by atoms with Gasteiger partial charge in [0, 0.05) is 54.6 Å². The lowest BCUT2D eigenvalue weighted by Gasteiger charge is -2.24. The maximum absolute atomic E-state index is 15.3. The van der Waals surface area contributed by atoms with Gasteiger partial charge < -0.3 is 16.0 Å². The summed E-state index contributed by atoms with van der Waals surface area (Å²) in [5, 5.41) is 3.86. The van der Waals surface area contributed by atoms with E-state index in [0.29, 0.717) is 10.6 Å². The van der Waals surface area contributed by atoms with Crippen LogP contribution >= 0.6 is 23.4 Å². The van der Waals surface area contributed by atoms with Gasteiger partial charge in [-0.1, -0.05) is 38.3 Å². The maximum atomic E-state index is 15.3. The highest BCUT2D eigenvalue weighted by molar-refractivity contribution is 7.97. The van der Waals surface area contributed by atoms with Gasteiger partial charge in [-0.15, -0.1) is 0 Å². The van der Waals surface area contributed by atoms with Crippen molar-refractivity contribution in [2.75, 3.05) is 44.2 Å². The Hall–Kier alpha value is -1.99. The number of pyridine rings is 1. The normalized spacial score (nSPS) is 15.1. The number of carbonyl (C=O) groups excluding carboxylic acids is 1. The number of amides is 1. The highest BCUT2D eigenvalue weighted by Crippen LogP contribution is 2.52. The van der Waals surface area contributed by atoms with Crippen molar-refractivity contribution >= 4 is 40.8 Å². The molecule has 8 heteroatoms. The first kappa shape index (κ1) is 26.3. The number of nitrogen functional groups attached to an aromatic ring is 1. The zero-order valence-corrected chi connectivity index (χ0v) is 21.4. The van der Waals surface area contributed by atoms with Gasteiger partial charge in [0.1, 0.15) is 11.6 Å². The molecule has 1 amide bonds. The van der Waals surface area contributed by atoms with Crippen LogP contribution in [0.25, 0.3) is 11.1 Å². The van der Waals surface area contributed by atoms with Crippen molar-refractivity contribution in [3.05, 3.63) is 40.3 Å². The number of nitrogens with two attached hydrogens (primary N) is 1. The minimum Gasteiger partial charge on any atom is -0.398 e. The fourth-order valence-electron chi connectivity index (χ4n) is 4.35. The minimum absolute atomic E-state index is 0.0258. The summed E-state index contributed by atoms with van der Waals surface area (Å²) in [7, 11) is 3.13. The van der Waals surface area contributed by atoms with Crippen LogP contribution in [-0.2, 0) is 5.41 Å². The van der Waals surface area contributed by atoms with Gasteiger partial charge in [-0.3, -0.25) is 4.79 Å². The molecule has 0 saturated heterocycles. The number of carbonyl (C=O) groups is 1. The Bertz CT molecular complexity index is 962. The second-order valence-corrected chi connectivity index (χ2v) is 9.24. The third kappa shape index (κ3) is 4.84. The van der Waals surface area contributed by atoms with Gasteiger partial charge in [-0.25, -0.2) is 9.37 Å². The fourth-order valence-corrected chi connectivity index (χ4v) is 4.80. The molecule has 1 aliphatic carbocycles. The average molecular weight is 481 g/mol. The van der Waals surface area contributed by atoms with Crippen molar-refractivity contribution in [2.45, 2.75) is 44.9 Å². The van der Waals surface area contributed by atoms with Crippen LogP contribution < -0.4 is 11.1 Å². The number of nitrogens with zero attached hydrogens (tertiary/aromatic N) is 2. The first-order chi connectivity index (χ1) is 15.3.